The first-order valence-corrected chi connectivity index (χ1v) is 27.2. The van der Waals surface area contributed by atoms with E-state index in [0.29, 0.717) is 35.2 Å². The number of ether oxygens (including phenoxy) is 2. The molecule has 408 valence electrons. The van der Waals surface area contributed by atoms with Crippen LogP contribution in [0.1, 0.15) is 151 Å². The van der Waals surface area contributed by atoms with Gasteiger partial charge in [-0.05, 0) is 43.5 Å². The third kappa shape index (κ3) is 26.8. The number of nitrogens with zero attached hydrogens (tertiary/aromatic N) is 6. The maximum absolute atomic E-state index is 13.3. The van der Waals surface area contributed by atoms with E-state index in [0.717, 1.165) is 24.9 Å². The van der Waals surface area contributed by atoms with Crippen molar-refractivity contribution in [2.75, 3.05) is 77.5 Å². The maximum Gasteiger partial charge on any atom is 0.472 e. The van der Waals surface area contributed by atoms with Crippen LogP contribution in [0, 0.1) is 0 Å². The van der Waals surface area contributed by atoms with Gasteiger partial charge in [0.2, 0.25) is 11.9 Å². The number of likely N-dealkylation sites (N-methyl/N-ethyl adjacent to an activating group) is 1. The number of esters is 2. The van der Waals surface area contributed by atoms with E-state index in [4.69, 9.17) is 30.0 Å². The summed E-state index contributed by atoms with van der Waals surface area (Å²) in [6.07, 6.45) is 17.6. The minimum Gasteiger partial charge on any atom is -0.481 e. The largest absolute Gasteiger partial charge is 0.481 e. The average molecular weight is 1050 g/mol. The van der Waals surface area contributed by atoms with Gasteiger partial charge in [-0.1, -0.05) is 96.8 Å². The third-order valence-corrected chi connectivity index (χ3v) is 12.7. The summed E-state index contributed by atoms with van der Waals surface area (Å²) in [6, 6.07) is 5.28. The number of hydrogen-bond donors (Lipinski definition) is 6. The van der Waals surface area contributed by atoms with Crippen molar-refractivity contribution in [2.24, 2.45) is 0 Å². The van der Waals surface area contributed by atoms with Crippen LogP contribution in [0.4, 0.5) is 17.5 Å². The number of fused-ring (bicyclic) bond motifs is 1. The van der Waals surface area contributed by atoms with E-state index in [9.17, 15) is 38.5 Å². The summed E-state index contributed by atoms with van der Waals surface area (Å²) in [5.41, 5.74) is 13.7. The van der Waals surface area contributed by atoms with E-state index >= 15 is 0 Å². The molecular weight excluding hydrogens is 964 g/mol. The van der Waals surface area contributed by atoms with E-state index in [1.807, 2.05) is 33.1 Å². The lowest BCUT2D eigenvalue weighted by Gasteiger charge is -2.24. The van der Waals surface area contributed by atoms with Gasteiger partial charge >= 0.3 is 25.7 Å². The molecule has 2 amide bonds. The molecule has 3 atom stereocenters. The lowest BCUT2D eigenvalue weighted by Crippen LogP contribution is -2.47. The number of unbranched alkanes of at least 4 members (excludes halogenated alkanes) is 14. The van der Waals surface area contributed by atoms with E-state index in [-0.39, 0.29) is 61.8 Å². The summed E-state index contributed by atoms with van der Waals surface area (Å²) < 4.78 is 34.2. The zero-order chi connectivity index (χ0) is 53.7. The summed E-state index contributed by atoms with van der Waals surface area (Å²) in [7, 11) is 2.91. The van der Waals surface area contributed by atoms with Gasteiger partial charge in [0.1, 0.15) is 25.8 Å². The summed E-state index contributed by atoms with van der Waals surface area (Å²) in [5.74, 6) is -3.63. The van der Waals surface area contributed by atoms with Crippen LogP contribution in [0.25, 0.3) is 11.2 Å². The average Bonchev–Trinajstić information content (AvgIpc) is 3.33. The molecule has 8 N–H and O–H groups in total. The molecule has 0 saturated heterocycles. The van der Waals surface area contributed by atoms with Crippen molar-refractivity contribution in [2.45, 2.75) is 154 Å². The highest BCUT2D eigenvalue weighted by Gasteiger charge is 2.28. The molecule has 2 unspecified atom stereocenters. The number of carboxylic acids is 1. The van der Waals surface area contributed by atoms with Crippen LogP contribution in [0.3, 0.4) is 0 Å². The van der Waals surface area contributed by atoms with Crippen molar-refractivity contribution in [3.8, 4) is 0 Å². The van der Waals surface area contributed by atoms with Crippen molar-refractivity contribution >= 4 is 66.2 Å². The number of anilines is 3. The molecule has 3 rings (SSSR count). The summed E-state index contributed by atoms with van der Waals surface area (Å²) in [6.45, 7) is 1.81. The predicted octanol–water partition coefficient (Wildman–Crippen LogP) is 6.64. The van der Waals surface area contributed by atoms with Crippen LogP contribution < -0.4 is 27.0 Å². The Labute approximate surface area is 430 Å². The van der Waals surface area contributed by atoms with Gasteiger partial charge in [0.15, 0.2) is 23.1 Å². The number of benzene rings is 1. The molecule has 0 aliphatic rings. The number of carbonyl (C=O) groups excluding carboxylic acids is 4. The van der Waals surface area contributed by atoms with Crippen molar-refractivity contribution < 1.29 is 61.5 Å². The highest BCUT2D eigenvalue weighted by Crippen LogP contribution is 2.43. The maximum atomic E-state index is 13.3. The Morgan fingerprint density at radius 2 is 1.38 bits per heavy atom. The molecule has 22 nitrogen and oxygen atoms in total. The first kappa shape index (κ1) is 61.8. The second-order valence-electron chi connectivity index (χ2n) is 19.4. The monoisotopic (exact) mass is 1050 g/mol. The van der Waals surface area contributed by atoms with Crippen LogP contribution >= 0.6 is 7.82 Å². The first-order chi connectivity index (χ1) is 34.7. The van der Waals surface area contributed by atoms with Gasteiger partial charge in [-0.2, -0.15) is 9.97 Å². The molecule has 0 bridgehead atoms. The van der Waals surface area contributed by atoms with Gasteiger partial charge in [-0.15, -0.1) is 0 Å². The van der Waals surface area contributed by atoms with Crippen LogP contribution in [0.5, 0.6) is 0 Å². The molecule has 23 heteroatoms. The highest BCUT2D eigenvalue weighted by atomic mass is 31.2. The molecule has 1 aromatic carbocycles. The van der Waals surface area contributed by atoms with Crippen LogP contribution in [0.2, 0.25) is 0 Å². The second-order valence-corrected chi connectivity index (χ2v) is 20.8. The lowest BCUT2D eigenvalue weighted by atomic mass is 10.0. The number of phosphoric acid groups is 1. The predicted molar refractivity (Wildman–Crippen MR) is 278 cm³/mol. The number of nitrogens with one attached hydrogen (secondary N) is 2. The summed E-state index contributed by atoms with van der Waals surface area (Å²) in [5, 5.41) is 14.6. The van der Waals surface area contributed by atoms with E-state index in [2.05, 4.69) is 37.5 Å². The smallest absolute Gasteiger partial charge is 0.472 e. The molecule has 0 radical (unpaired) electrons. The van der Waals surface area contributed by atoms with Crippen molar-refractivity contribution in [1.82, 2.24) is 30.6 Å². The van der Waals surface area contributed by atoms with E-state index in [1.165, 1.54) is 70.6 Å². The fraction of sp³-hybridized carbons (Fsp3) is 0.660. The number of hydrogen-bond acceptors (Lipinski definition) is 17. The van der Waals surface area contributed by atoms with Gasteiger partial charge in [-0.3, -0.25) is 33.0 Å². The fourth-order valence-electron chi connectivity index (χ4n) is 7.51. The van der Waals surface area contributed by atoms with E-state index < -0.39 is 69.3 Å². The molecule has 0 spiro atoms. The Hall–Kier alpha value is -5.54. The molecule has 3 aromatic rings. The number of aromatic nitrogens is 4. The molecule has 0 aliphatic carbocycles. The highest BCUT2D eigenvalue weighted by molar-refractivity contribution is 7.47. The summed E-state index contributed by atoms with van der Waals surface area (Å²) in [4.78, 5) is 92.5. The summed E-state index contributed by atoms with van der Waals surface area (Å²) >= 11 is 0. The minimum absolute atomic E-state index is 0.0123. The van der Waals surface area contributed by atoms with Crippen LogP contribution in [-0.2, 0) is 48.8 Å². The third-order valence-electron chi connectivity index (χ3n) is 11.7. The molecule has 73 heavy (non-hydrogen) atoms. The Bertz CT molecular complexity index is 2220. The molecule has 2 heterocycles. The zero-order valence-electron chi connectivity index (χ0n) is 43.7. The van der Waals surface area contributed by atoms with Gasteiger partial charge in [0.25, 0.3) is 5.91 Å². The standard InChI is InChI=1S/C50H81N10O12P/c1-6-7-8-9-10-11-12-13-14-15-16-17-18-19-20-22-43(63)69-35-40(36-71-73(67,68)70-32-31-60(3,4)5)72-44(64)23-21-30-53-49(66)41(28-29-42(61)62)56-48(65)37-24-26-39(27-25-37)59(2)34-38-33-54-47-45(55-38)46(51)57-50(52)58-47/h24-27,33,40-41H,6-23,28-32,34-36H2,1-5H3,(H7-,51,52,53,54,56,57,58,61,62,65,66,67,68)/p+1/t40?,41-/m0/s1. The minimum atomic E-state index is -4.56. The number of phosphoric ester groups is 1. The number of nitrogens with two attached hydrogens (primary N) is 2. The van der Waals surface area contributed by atoms with Gasteiger partial charge in [-0.25, -0.2) is 14.5 Å². The first-order valence-electron chi connectivity index (χ1n) is 25.7. The van der Waals surface area contributed by atoms with Crippen molar-refractivity contribution in [3.63, 3.8) is 0 Å². The molecule has 2 aromatic heterocycles. The Kier molecular flexibility index (Phi) is 28.2. The molecular formula is C50H82N10O12P+. The number of rotatable bonds is 39. The molecule has 0 aliphatic heterocycles. The Morgan fingerprint density at radius 1 is 0.781 bits per heavy atom. The molecule has 0 saturated carbocycles. The fourth-order valence-corrected chi connectivity index (χ4v) is 8.25. The number of aliphatic carboxylic acids is 1. The number of nitrogen functional groups attached to an aromatic ring is 2. The topological polar surface area (TPSA) is 311 Å². The molecule has 0 fully saturated rings. The zero-order valence-corrected chi connectivity index (χ0v) is 44.6. The Morgan fingerprint density at radius 3 is 1.99 bits per heavy atom. The van der Waals surface area contributed by atoms with Gasteiger partial charge < -0.3 is 51.0 Å². The number of quaternary nitrogens is 1. The number of carboxylic acid groups (broad SMARTS) is 1. The second kappa shape index (κ2) is 33.3. The van der Waals surface area contributed by atoms with Gasteiger partial charge in [0, 0.05) is 44.1 Å². The van der Waals surface area contributed by atoms with Gasteiger partial charge in [0.05, 0.1) is 46.2 Å². The number of amides is 2. The Balaban J connectivity index is 1.46. The van der Waals surface area contributed by atoms with Crippen molar-refractivity contribution in [1.29, 1.82) is 0 Å². The lowest BCUT2D eigenvalue weighted by molar-refractivity contribution is -0.870. The van der Waals surface area contributed by atoms with E-state index in [1.54, 1.807) is 30.5 Å². The van der Waals surface area contributed by atoms with Crippen molar-refractivity contribution in [3.05, 3.63) is 41.7 Å². The SMILES string of the molecule is CCCCCCCCCCCCCCCCCC(=O)OCC(COP(=O)(O)OCC[N+](C)(C)C)OC(=O)CCCNC(=O)[C@H](CCC(=O)O)NC(=O)c1ccc(N(C)Cc2cnc3nc(N)nc(N)c3n2)cc1. The van der Waals surface area contributed by atoms with Crippen LogP contribution in [0.15, 0.2) is 30.5 Å². The number of carbonyl (C=O) groups is 5. The normalized spacial score (nSPS) is 13.2. The quantitative estimate of drug-likeness (QED) is 0.0151. The van der Waals surface area contributed by atoms with Crippen LogP contribution in [-0.4, -0.2) is 137 Å².